The van der Waals surface area contributed by atoms with Gasteiger partial charge in [-0.2, -0.15) is 0 Å². The molecule has 0 spiro atoms. The molecule has 152 valence electrons. The first kappa shape index (κ1) is 22.1. The predicted octanol–water partition coefficient (Wildman–Crippen LogP) is 3.59. The standard InChI is InChI=1S/C24H33NO3/c1-24(2,3)17-25-16-22(27)14-20-15-23(28-4)11-10-19(20)13-21(26)12-18-8-6-5-7-9-18/h5-11,15,22,25,27H,12-14,16-17H2,1-4H3. The second-order valence-corrected chi connectivity index (χ2v) is 8.56. The molecule has 2 N–H and O–H groups in total. The Morgan fingerprint density at radius 3 is 2.43 bits per heavy atom. The second-order valence-electron chi connectivity index (χ2n) is 8.56. The number of aliphatic hydroxyl groups is 1. The fraction of sp³-hybridized carbons (Fsp3) is 0.458. The Morgan fingerprint density at radius 2 is 1.79 bits per heavy atom. The number of hydrogen-bond acceptors (Lipinski definition) is 4. The highest BCUT2D eigenvalue weighted by Crippen LogP contribution is 2.21. The Kier molecular flexibility index (Phi) is 8.21. The number of aliphatic hydroxyl groups excluding tert-OH is 1. The maximum absolute atomic E-state index is 12.6. The largest absolute Gasteiger partial charge is 0.497 e. The van der Waals surface area contributed by atoms with E-state index in [9.17, 15) is 9.90 Å². The van der Waals surface area contributed by atoms with Crippen molar-refractivity contribution in [1.29, 1.82) is 0 Å². The van der Waals surface area contributed by atoms with Gasteiger partial charge in [-0.05, 0) is 34.2 Å². The maximum Gasteiger partial charge on any atom is 0.141 e. The van der Waals surface area contributed by atoms with Crippen LogP contribution in [0.4, 0.5) is 0 Å². The molecule has 0 fully saturated rings. The molecule has 0 aliphatic heterocycles. The second kappa shape index (κ2) is 10.4. The van der Waals surface area contributed by atoms with Gasteiger partial charge in [-0.3, -0.25) is 4.79 Å². The van der Waals surface area contributed by atoms with E-state index in [4.69, 9.17) is 4.74 Å². The monoisotopic (exact) mass is 383 g/mol. The first-order valence-corrected chi connectivity index (χ1v) is 9.87. The third kappa shape index (κ3) is 7.83. The van der Waals surface area contributed by atoms with Gasteiger partial charge in [0.2, 0.25) is 0 Å². The van der Waals surface area contributed by atoms with Crippen LogP contribution in [-0.4, -0.2) is 37.2 Å². The molecule has 2 aromatic carbocycles. The summed E-state index contributed by atoms with van der Waals surface area (Å²) in [7, 11) is 1.63. The molecule has 0 aliphatic carbocycles. The summed E-state index contributed by atoms with van der Waals surface area (Å²) in [5.74, 6) is 0.905. The van der Waals surface area contributed by atoms with E-state index in [0.717, 1.165) is 29.0 Å². The van der Waals surface area contributed by atoms with Crippen LogP contribution in [0.15, 0.2) is 48.5 Å². The Balaban J connectivity index is 2.02. The summed E-state index contributed by atoms with van der Waals surface area (Å²) in [5, 5.41) is 13.8. The molecule has 0 bridgehead atoms. The fourth-order valence-corrected chi connectivity index (χ4v) is 3.13. The van der Waals surface area contributed by atoms with Gasteiger partial charge in [0.1, 0.15) is 11.5 Å². The van der Waals surface area contributed by atoms with Crippen molar-refractivity contribution in [3.05, 3.63) is 65.2 Å². The molecule has 28 heavy (non-hydrogen) atoms. The molecule has 0 aromatic heterocycles. The van der Waals surface area contributed by atoms with Gasteiger partial charge in [0, 0.05) is 32.4 Å². The third-order valence-electron chi connectivity index (χ3n) is 4.54. The van der Waals surface area contributed by atoms with Crippen LogP contribution < -0.4 is 10.1 Å². The van der Waals surface area contributed by atoms with Crippen LogP contribution in [0.25, 0.3) is 0 Å². The average molecular weight is 384 g/mol. The Morgan fingerprint density at radius 1 is 1.07 bits per heavy atom. The van der Waals surface area contributed by atoms with Crippen LogP contribution in [-0.2, 0) is 24.1 Å². The zero-order chi connectivity index (χ0) is 20.6. The first-order chi connectivity index (χ1) is 13.3. The zero-order valence-corrected chi connectivity index (χ0v) is 17.5. The lowest BCUT2D eigenvalue weighted by molar-refractivity contribution is -0.117. The molecule has 1 unspecified atom stereocenters. The predicted molar refractivity (Wildman–Crippen MR) is 114 cm³/mol. The number of carbonyl (C=O) groups is 1. The van der Waals surface area contributed by atoms with E-state index < -0.39 is 6.10 Å². The Hall–Kier alpha value is -2.17. The molecular weight excluding hydrogens is 350 g/mol. The van der Waals surface area contributed by atoms with Gasteiger partial charge in [-0.25, -0.2) is 0 Å². The lowest BCUT2D eigenvalue weighted by Gasteiger charge is -2.21. The van der Waals surface area contributed by atoms with Gasteiger partial charge in [0.25, 0.3) is 0 Å². The van der Waals surface area contributed by atoms with Gasteiger partial charge in [-0.15, -0.1) is 0 Å². The SMILES string of the molecule is COc1ccc(CC(=O)Cc2ccccc2)c(CC(O)CNCC(C)(C)C)c1. The quantitative estimate of drug-likeness (QED) is 0.658. The lowest BCUT2D eigenvalue weighted by atomic mass is 9.95. The van der Waals surface area contributed by atoms with Gasteiger partial charge in [-0.1, -0.05) is 57.2 Å². The number of nitrogens with one attached hydrogen (secondary N) is 1. The summed E-state index contributed by atoms with van der Waals surface area (Å²) in [6, 6.07) is 15.5. The lowest BCUT2D eigenvalue weighted by Crippen LogP contribution is -2.34. The van der Waals surface area contributed by atoms with E-state index >= 15 is 0 Å². The maximum atomic E-state index is 12.6. The number of carbonyl (C=O) groups excluding carboxylic acids is 1. The topological polar surface area (TPSA) is 58.6 Å². The summed E-state index contributed by atoms with van der Waals surface area (Å²) in [4.78, 5) is 12.6. The van der Waals surface area contributed by atoms with E-state index in [1.807, 2.05) is 48.5 Å². The molecule has 1 atom stereocenters. The number of ketones is 1. The minimum atomic E-state index is -0.516. The van der Waals surface area contributed by atoms with E-state index in [0.29, 0.717) is 25.8 Å². The summed E-state index contributed by atoms with van der Waals surface area (Å²) >= 11 is 0. The molecule has 0 saturated carbocycles. The molecule has 0 radical (unpaired) electrons. The van der Waals surface area contributed by atoms with Crippen molar-refractivity contribution >= 4 is 5.78 Å². The summed E-state index contributed by atoms with van der Waals surface area (Å²) in [5.41, 5.74) is 3.11. The summed E-state index contributed by atoms with van der Waals surface area (Å²) < 4.78 is 5.34. The van der Waals surface area contributed by atoms with Crippen LogP contribution in [0.3, 0.4) is 0 Å². The zero-order valence-electron chi connectivity index (χ0n) is 17.5. The third-order valence-corrected chi connectivity index (χ3v) is 4.54. The number of hydrogen-bond donors (Lipinski definition) is 2. The number of rotatable bonds is 10. The van der Waals surface area contributed by atoms with Crippen LogP contribution in [0.2, 0.25) is 0 Å². The van der Waals surface area contributed by atoms with E-state index in [2.05, 4.69) is 26.1 Å². The molecule has 4 nitrogen and oxygen atoms in total. The van der Waals surface area contributed by atoms with Crippen LogP contribution in [0.1, 0.15) is 37.5 Å². The van der Waals surface area contributed by atoms with E-state index in [1.165, 1.54) is 0 Å². The van der Waals surface area contributed by atoms with Crippen molar-refractivity contribution in [2.75, 3.05) is 20.2 Å². The van der Waals surface area contributed by atoms with Crippen LogP contribution >= 0.6 is 0 Å². The van der Waals surface area contributed by atoms with Gasteiger partial charge in [0.15, 0.2) is 0 Å². The molecule has 0 amide bonds. The van der Waals surface area contributed by atoms with Gasteiger partial charge < -0.3 is 15.2 Å². The molecule has 4 heteroatoms. The minimum absolute atomic E-state index is 0.165. The smallest absolute Gasteiger partial charge is 0.141 e. The highest BCUT2D eigenvalue weighted by atomic mass is 16.5. The number of benzene rings is 2. The van der Waals surface area contributed by atoms with E-state index in [1.54, 1.807) is 7.11 Å². The number of methoxy groups -OCH3 is 1. The summed E-state index contributed by atoms with van der Waals surface area (Å²) in [6.45, 7) is 7.83. The molecule has 0 heterocycles. The van der Waals surface area contributed by atoms with Crippen LogP contribution in [0, 0.1) is 5.41 Å². The average Bonchev–Trinajstić information content (AvgIpc) is 2.62. The highest BCUT2D eigenvalue weighted by molar-refractivity contribution is 5.83. The number of Topliss-reactive ketones (excluding diaryl/α,β-unsaturated/α-hetero) is 1. The number of ether oxygens (including phenoxy) is 1. The first-order valence-electron chi connectivity index (χ1n) is 9.87. The van der Waals surface area contributed by atoms with Crippen molar-refractivity contribution in [3.8, 4) is 5.75 Å². The molecular formula is C24H33NO3. The van der Waals surface area contributed by atoms with Gasteiger partial charge in [0.05, 0.1) is 13.2 Å². The van der Waals surface area contributed by atoms with Crippen molar-refractivity contribution < 1.29 is 14.6 Å². The Labute approximate surface area is 168 Å². The van der Waals surface area contributed by atoms with Crippen molar-refractivity contribution in [2.24, 2.45) is 5.41 Å². The van der Waals surface area contributed by atoms with Gasteiger partial charge >= 0.3 is 0 Å². The highest BCUT2D eigenvalue weighted by Gasteiger charge is 2.15. The Bertz CT molecular complexity index is 750. The minimum Gasteiger partial charge on any atom is -0.497 e. The fourth-order valence-electron chi connectivity index (χ4n) is 3.13. The van der Waals surface area contributed by atoms with E-state index in [-0.39, 0.29) is 11.2 Å². The molecule has 2 rings (SSSR count). The molecule has 2 aromatic rings. The molecule has 0 aliphatic rings. The van der Waals surface area contributed by atoms with Crippen molar-refractivity contribution in [1.82, 2.24) is 5.32 Å². The molecule has 0 saturated heterocycles. The van der Waals surface area contributed by atoms with Crippen molar-refractivity contribution in [3.63, 3.8) is 0 Å². The summed E-state index contributed by atoms with van der Waals surface area (Å²) in [6.07, 6.45) is 0.748. The van der Waals surface area contributed by atoms with Crippen molar-refractivity contribution in [2.45, 2.75) is 46.1 Å². The normalized spacial score (nSPS) is 12.6. The van der Waals surface area contributed by atoms with Crippen LogP contribution in [0.5, 0.6) is 5.75 Å².